The Morgan fingerprint density at radius 2 is 1.86 bits per heavy atom. The van der Waals surface area contributed by atoms with Crippen molar-refractivity contribution < 1.29 is 9.59 Å². The van der Waals surface area contributed by atoms with Gasteiger partial charge in [0.1, 0.15) is 0 Å². The highest BCUT2D eigenvalue weighted by Gasteiger charge is 2.45. The maximum Gasteiger partial charge on any atom is 0.259 e. The van der Waals surface area contributed by atoms with Crippen LogP contribution in [0.4, 0.5) is 0 Å². The molecule has 2 aromatic carbocycles. The number of carbonyl (C=O) groups is 2. The van der Waals surface area contributed by atoms with E-state index in [-0.39, 0.29) is 5.91 Å². The molecule has 1 saturated heterocycles. The molecule has 3 aromatic rings. The van der Waals surface area contributed by atoms with Crippen LogP contribution in [0, 0.1) is 12.3 Å². The Balaban J connectivity index is 1.42. The number of aromatic nitrogens is 1. The minimum absolute atomic E-state index is 0.343. The first-order chi connectivity index (χ1) is 17.4. The number of amides is 2. The number of aryl methyl sites for hydroxylation is 1. The lowest BCUT2D eigenvalue weighted by atomic mass is 9.89. The predicted octanol–water partition coefficient (Wildman–Crippen LogP) is 5.84. The van der Waals surface area contributed by atoms with Crippen molar-refractivity contribution in [1.29, 1.82) is 0 Å². The molecular formula is C31H31N3O2. The molecule has 0 unspecified atom stereocenters. The number of carbonyl (C=O) groups excluding carboxylic acids is 2. The standard InChI is InChI=1S/C31H31N3O2/c1-19-8-6-11-24-25(17-32-28(19)24)27-26(29(35)33-30(27)36)21(3)23-10-5-4-9-22(23)16-20(2)34-15-7-12-31(18-34)13-14-31/h4-6,8-11,16-17,32H,3,7,12-15,18H2,1-2H3,(H,33,35,36)/b20-16+. The summed E-state index contributed by atoms with van der Waals surface area (Å²) in [5.74, 6) is -0.782. The second-order valence-electron chi connectivity index (χ2n) is 10.6. The van der Waals surface area contributed by atoms with Crippen molar-refractivity contribution in [3.63, 3.8) is 0 Å². The Hall–Kier alpha value is -3.86. The van der Waals surface area contributed by atoms with Crippen LogP contribution in [0.5, 0.6) is 0 Å². The van der Waals surface area contributed by atoms with Crippen LogP contribution in [0.15, 0.2) is 66.5 Å². The second kappa shape index (κ2) is 8.37. The van der Waals surface area contributed by atoms with Crippen molar-refractivity contribution in [3.05, 3.63) is 88.8 Å². The summed E-state index contributed by atoms with van der Waals surface area (Å²) < 4.78 is 0. The van der Waals surface area contributed by atoms with E-state index in [0.717, 1.165) is 46.2 Å². The van der Waals surface area contributed by atoms with Crippen molar-refractivity contribution in [1.82, 2.24) is 15.2 Å². The third kappa shape index (κ3) is 3.70. The molecule has 2 N–H and O–H groups in total. The van der Waals surface area contributed by atoms with Gasteiger partial charge >= 0.3 is 0 Å². The molecule has 1 aliphatic carbocycles. The van der Waals surface area contributed by atoms with Crippen LogP contribution in [-0.4, -0.2) is 34.8 Å². The summed E-state index contributed by atoms with van der Waals surface area (Å²) in [7, 11) is 0. The fourth-order valence-electron chi connectivity index (χ4n) is 5.96. The summed E-state index contributed by atoms with van der Waals surface area (Å²) in [4.78, 5) is 31.9. The van der Waals surface area contributed by atoms with Crippen LogP contribution in [0.2, 0.25) is 0 Å². The summed E-state index contributed by atoms with van der Waals surface area (Å²) in [6, 6.07) is 14.0. The van der Waals surface area contributed by atoms with E-state index < -0.39 is 5.91 Å². The Bertz CT molecular complexity index is 1500. The summed E-state index contributed by atoms with van der Waals surface area (Å²) >= 11 is 0. The van der Waals surface area contributed by atoms with E-state index in [1.165, 1.54) is 31.4 Å². The number of piperidine rings is 1. The Morgan fingerprint density at radius 1 is 1.06 bits per heavy atom. The molecule has 0 bridgehead atoms. The first-order valence-corrected chi connectivity index (χ1v) is 12.8. The molecule has 2 fully saturated rings. The van der Waals surface area contributed by atoms with Gasteiger partial charge in [-0.05, 0) is 73.3 Å². The largest absolute Gasteiger partial charge is 0.374 e. The molecular weight excluding hydrogens is 446 g/mol. The molecule has 0 radical (unpaired) electrons. The average molecular weight is 478 g/mol. The summed E-state index contributed by atoms with van der Waals surface area (Å²) in [6.07, 6.45) is 9.29. The van der Waals surface area contributed by atoms with Gasteiger partial charge in [0.05, 0.1) is 11.1 Å². The lowest BCUT2D eigenvalue weighted by Crippen LogP contribution is -2.34. The van der Waals surface area contributed by atoms with Gasteiger partial charge in [0, 0.05) is 41.4 Å². The van der Waals surface area contributed by atoms with Crippen molar-refractivity contribution in [2.75, 3.05) is 13.1 Å². The maximum absolute atomic E-state index is 13.1. The Labute approximate surface area is 211 Å². The SMILES string of the molecule is C=C(C1=C(c2c[nH]c3c(C)cccc23)C(=O)NC1=O)c1ccccc1/C=C(\C)N1CCCC2(CC2)C1. The number of benzene rings is 2. The number of hydrogen-bond acceptors (Lipinski definition) is 3. The number of likely N-dealkylation sites (tertiary alicyclic amines) is 1. The molecule has 5 nitrogen and oxygen atoms in total. The van der Waals surface area contributed by atoms with Crippen molar-refractivity contribution in [2.45, 2.75) is 39.5 Å². The highest BCUT2D eigenvalue weighted by atomic mass is 16.2. The lowest BCUT2D eigenvalue weighted by Gasteiger charge is -2.35. The average Bonchev–Trinajstić information content (AvgIpc) is 3.34. The number of imide groups is 1. The third-order valence-corrected chi connectivity index (χ3v) is 8.19. The second-order valence-corrected chi connectivity index (χ2v) is 10.6. The number of H-pyrrole nitrogens is 1. The lowest BCUT2D eigenvalue weighted by molar-refractivity contribution is -0.123. The predicted molar refractivity (Wildman–Crippen MR) is 145 cm³/mol. The zero-order valence-electron chi connectivity index (χ0n) is 20.9. The van der Waals surface area contributed by atoms with Crippen LogP contribution in [0.1, 0.15) is 54.9 Å². The highest BCUT2D eigenvalue weighted by Crippen LogP contribution is 2.52. The van der Waals surface area contributed by atoms with Gasteiger partial charge < -0.3 is 9.88 Å². The van der Waals surface area contributed by atoms with E-state index in [0.29, 0.717) is 22.1 Å². The van der Waals surface area contributed by atoms with E-state index >= 15 is 0 Å². The molecule has 6 rings (SSSR count). The number of para-hydroxylation sites is 1. The van der Waals surface area contributed by atoms with Crippen LogP contribution >= 0.6 is 0 Å². The van der Waals surface area contributed by atoms with Crippen LogP contribution in [0.25, 0.3) is 28.1 Å². The molecule has 36 heavy (non-hydrogen) atoms. The first-order valence-electron chi connectivity index (χ1n) is 12.8. The first kappa shape index (κ1) is 22.6. The number of allylic oxidation sites excluding steroid dienone is 1. The molecule has 2 amide bonds. The number of rotatable bonds is 5. The number of nitrogens with one attached hydrogen (secondary N) is 2. The molecule has 1 saturated carbocycles. The van der Waals surface area contributed by atoms with Gasteiger partial charge in [0.25, 0.3) is 11.8 Å². The van der Waals surface area contributed by atoms with Gasteiger partial charge in [0.2, 0.25) is 0 Å². The van der Waals surface area contributed by atoms with E-state index in [9.17, 15) is 9.59 Å². The van der Waals surface area contributed by atoms with Gasteiger partial charge in [-0.15, -0.1) is 0 Å². The van der Waals surface area contributed by atoms with Crippen LogP contribution in [-0.2, 0) is 9.59 Å². The summed E-state index contributed by atoms with van der Waals surface area (Å²) in [5.41, 5.74) is 7.69. The van der Waals surface area contributed by atoms with Crippen LogP contribution < -0.4 is 5.32 Å². The van der Waals surface area contributed by atoms with Crippen molar-refractivity contribution in [3.8, 4) is 0 Å². The van der Waals surface area contributed by atoms with Gasteiger partial charge in [-0.1, -0.05) is 49.0 Å². The Kier molecular flexibility index (Phi) is 5.25. The molecule has 3 heterocycles. The molecule has 2 aliphatic heterocycles. The molecule has 3 aliphatic rings. The minimum atomic E-state index is -0.399. The van der Waals surface area contributed by atoms with Crippen molar-refractivity contribution in [2.24, 2.45) is 5.41 Å². The number of aromatic amines is 1. The quantitative estimate of drug-likeness (QED) is 0.454. The minimum Gasteiger partial charge on any atom is -0.374 e. The molecule has 0 atom stereocenters. The van der Waals surface area contributed by atoms with Gasteiger partial charge in [-0.3, -0.25) is 14.9 Å². The number of nitrogens with zero attached hydrogens (tertiary/aromatic N) is 1. The number of fused-ring (bicyclic) bond motifs is 1. The van der Waals surface area contributed by atoms with Crippen molar-refractivity contribution >= 4 is 39.9 Å². The summed E-state index contributed by atoms with van der Waals surface area (Å²) in [6.45, 7) is 10.7. The van der Waals surface area contributed by atoms with Gasteiger partial charge in [-0.25, -0.2) is 0 Å². The van der Waals surface area contributed by atoms with E-state index in [4.69, 9.17) is 0 Å². The van der Waals surface area contributed by atoms with Crippen LogP contribution in [0.3, 0.4) is 0 Å². The topological polar surface area (TPSA) is 65.2 Å². The zero-order valence-corrected chi connectivity index (χ0v) is 20.9. The molecule has 1 spiro atoms. The smallest absolute Gasteiger partial charge is 0.259 e. The Morgan fingerprint density at radius 3 is 2.67 bits per heavy atom. The fourth-order valence-corrected chi connectivity index (χ4v) is 5.96. The molecule has 5 heteroatoms. The maximum atomic E-state index is 13.1. The molecule has 1 aromatic heterocycles. The third-order valence-electron chi connectivity index (χ3n) is 8.19. The van der Waals surface area contributed by atoms with Gasteiger partial charge in [-0.2, -0.15) is 0 Å². The monoisotopic (exact) mass is 477 g/mol. The molecule has 182 valence electrons. The fraction of sp³-hybridized carbons (Fsp3) is 0.290. The van der Waals surface area contributed by atoms with E-state index in [1.807, 2.05) is 49.5 Å². The summed E-state index contributed by atoms with van der Waals surface area (Å²) in [5, 5.41) is 3.43. The van der Waals surface area contributed by atoms with E-state index in [2.05, 4.69) is 40.8 Å². The number of hydrogen-bond donors (Lipinski definition) is 2. The zero-order chi connectivity index (χ0) is 25.0. The highest BCUT2D eigenvalue weighted by molar-refractivity contribution is 6.41. The normalized spacial score (nSPS) is 19.4. The van der Waals surface area contributed by atoms with Gasteiger partial charge in [0.15, 0.2) is 0 Å². The van der Waals surface area contributed by atoms with E-state index in [1.54, 1.807) is 0 Å².